The number of rotatable bonds is 16. The van der Waals surface area contributed by atoms with Crippen molar-refractivity contribution in [3.63, 3.8) is 0 Å². The van der Waals surface area contributed by atoms with E-state index in [4.69, 9.17) is 14.0 Å². The van der Waals surface area contributed by atoms with Crippen LogP contribution >= 0.6 is 0 Å². The molecule has 0 aliphatic rings. The van der Waals surface area contributed by atoms with Gasteiger partial charge in [-0.15, -0.1) is 0 Å². The van der Waals surface area contributed by atoms with E-state index in [1.807, 2.05) is 98.7 Å². The largest absolute Gasteiger partial charge is 0.427 e. The van der Waals surface area contributed by atoms with Crippen LogP contribution in [0.2, 0.25) is 0 Å². The zero-order chi connectivity index (χ0) is 32.3. The molecule has 0 aromatic heterocycles. The summed E-state index contributed by atoms with van der Waals surface area (Å²) in [7, 11) is 7.63. The van der Waals surface area contributed by atoms with Gasteiger partial charge in [0, 0.05) is 26.3 Å². The van der Waals surface area contributed by atoms with Crippen molar-refractivity contribution in [2.75, 3.05) is 54.5 Å². The van der Waals surface area contributed by atoms with E-state index < -0.39 is 49.1 Å². The van der Waals surface area contributed by atoms with E-state index in [9.17, 15) is 17.6 Å². The first-order valence-electron chi connectivity index (χ1n) is 14.8. The van der Waals surface area contributed by atoms with Crippen LogP contribution in [0.1, 0.15) is 23.1 Å². The fourth-order valence-electron chi connectivity index (χ4n) is 4.91. The first-order valence-corrected chi connectivity index (χ1v) is 14.8. The van der Waals surface area contributed by atoms with Crippen molar-refractivity contribution in [3.05, 3.63) is 131 Å². The van der Waals surface area contributed by atoms with Crippen molar-refractivity contribution >= 4 is 24.8 Å². The highest BCUT2D eigenvalue weighted by molar-refractivity contribution is 6.70. The molecule has 0 saturated carbocycles. The number of benzene rings is 4. The average molecular weight is 620 g/mol. The molecule has 4 rings (SSSR count). The second kappa shape index (κ2) is 16.7. The highest BCUT2D eigenvalue weighted by Gasteiger charge is 2.40. The maximum absolute atomic E-state index is 14.6. The first-order chi connectivity index (χ1) is 21.6. The van der Waals surface area contributed by atoms with Gasteiger partial charge in [0.15, 0.2) is 23.3 Å². The van der Waals surface area contributed by atoms with Crippen LogP contribution in [0, 0.1) is 23.3 Å². The lowest BCUT2D eigenvalue weighted by Gasteiger charge is -2.33. The van der Waals surface area contributed by atoms with Gasteiger partial charge in [0.05, 0.1) is 12.0 Å². The molecule has 0 amide bonds. The van der Waals surface area contributed by atoms with Crippen molar-refractivity contribution in [1.82, 2.24) is 9.80 Å². The van der Waals surface area contributed by atoms with Crippen LogP contribution < -0.4 is 10.9 Å². The summed E-state index contributed by atoms with van der Waals surface area (Å²) in [6.45, 7) is -0.0810. The van der Waals surface area contributed by atoms with Crippen molar-refractivity contribution in [2.45, 2.75) is 12.0 Å². The molecule has 2 unspecified atom stereocenters. The molecule has 0 bridgehead atoms. The Hall–Kier alpha value is -3.47. The molecule has 0 N–H and O–H groups in total. The van der Waals surface area contributed by atoms with Gasteiger partial charge in [-0.25, -0.2) is 17.6 Å². The lowest BCUT2D eigenvalue weighted by Crippen LogP contribution is -2.47. The second-order valence-corrected chi connectivity index (χ2v) is 11.3. The first kappa shape index (κ1) is 34.4. The van der Waals surface area contributed by atoms with Gasteiger partial charge in [-0.05, 0) is 74.5 Å². The Bertz CT molecular complexity index is 1370. The molecule has 5 nitrogen and oxygen atoms in total. The van der Waals surface area contributed by atoms with E-state index in [-0.39, 0.29) is 13.2 Å². The third kappa shape index (κ3) is 9.76. The molecule has 2 atom stereocenters. The third-order valence-electron chi connectivity index (χ3n) is 7.32. The smallest absolute Gasteiger partial charge is 0.361 e. The lowest BCUT2D eigenvalue weighted by atomic mass is 9.51. The molecular weight excluding hydrogens is 582 g/mol. The number of halogens is 4. The maximum Gasteiger partial charge on any atom is 0.361 e. The van der Waals surface area contributed by atoms with Crippen LogP contribution in [0.3, 0.4) is 0 Å². The Morgan fingerprint density at radius 3 is 1.24 bits per heavy atom. The Morgan fingerprint density at radius 2 is 0.911 bits per heavy atom. The van der Waals surface area contributed by atoms with Crippen LogP contribution in [0.15, 0.2) is 97.1 Å². The van der Waals surface area contributed by atoms with E-state index in [2.05, 4.69) is 0 Å². The fourth-order valence-corrected chi connectivity index (χ4v) is 4.91. The van der Waals surface area contributed by atoms with E-state index >= 15 is 0 Å². The SMILES string of the molecule is CN(C)CCOB(c1ccc(F)c(F)c1)C(OC(B(OCCN(C)C)c1ccc(F)c(F)c1)c1ccccc1)c1ccccc1. The Kier molecular flexibility index (Phi) is 12.8. The minimum atomic E-state index is -1.01. The van der Waals surface area contributed by atoms with Gasteiger partial charge >= 0.3 is 13.8 Å². The van der Waals surface area contributed by atoms with Crippen LogP contribution in [0.5, 0.6) is 0 Å². The standard InChI is InChI=1S/C34H38B2F4N2O3/c1-41(2)19-21-43-35(27-15-17-29(37)31(39)23-27)33(25-11-7-5-8-12-25)45-34(26-13-9-6-10-14-26)36(44-22-20-42(3)4)28-16-18-30(38)32(40)24-28/h5-18,23-24,33-34H,19-22H2,1-4H3. The molecule has 0 heterocycles. The van der Waals surface area contributed by atoms with Crippen LogP contribution in [0.4, 0.5) is 17.6 Å². The second-order valence-electron chi connectivity index (χ2n) is 11.3. The zero-order valence-electron chi connectivity index (χ0n) is 26.0. The predicted molar refractivity (Wildman–Crippen MR) is 172 cm³/mol. The number of nitrogens with zero attached hydrogens (tertiary/aromatic N) is 2. The summed E-state index contributed by atoms with van der Waals surface area (Å²) >= 11 is 0. The Labute approximate surface area is 263 Å². The highest BCUT2D eigenvalue weighted by Crippen LogP contribution is 2.32. The third-order valence-corrected chi connectivity index (χ3v) is 7.32. The molecular formula is C34H38B2F4N2O3. The van der Waals surface area contributed by atoms with E-state index in [1.165, 1.54) is 12.1 Å². The van der Waals surface area contributed by atoms with Gasteiger partial charge in [-0.1, -0.05) is 72.8 Å². The van der Waals surface area contributed by atoms with Crippen LogP contribution in [0.25, 0.3) is 0 Å². The monoisotopic (exact) mass is 620 g/mol. The predicted octanol–water partition coefficient (Wildman–Crippen LogP) is 5.07. The molecule has 0 aliphatic heterocycles. The quantitative estimate of drug-likeness (QED) is 0.129. The number of ether oxygens (including phenoxy) is 1. The lowest BCUT2D eigenvalue weighted by molar-refractivity contribution is 0.0494. The average Bonchev–Trinajstić information content (AvgIpc) is 3.02. The molecule has 4 aromatic carbocycles. The maximum atomic E-state index is 14.6. The van der Waals surface area contributed by atoms with Gasteiger partial charge in [0.1, 0.15) is 0 Å². The van der Waals surface area contributed by atoms with Crippen LogP contribution in [-0.4, -0.2) is 78.1 Å². The Morgan fingerprint density at radius 1 is 0.533 bits per heavy atom. The summed E-state index contributed by atoms with van der Waals surface area (Å²) in [5, 5.41) is 0. The van der Waals surface area contributed by atoms with Gasteiger partial charge in [0.2, 0.25) is 0 Å². The van der Waals surface area contributed by atoms with Crippen molar-refractivity contribution < 1.29 is 31.6 Å². The minimum absolute atomic E-state index is 0.269. The molecule has 0 saturated heterocycles. The molecule has 4 aromatic rings. The van der Waals surface area contributed by atoms with Crippen molar-refractivity contribution in [3.8, 4) is 0 Å². The molecule has 0 aliphatic carbocycles. The van der Waals surface area contributed by atoms with Crippen molar-refractivity contribution in [1.29, 1.82) is 0 Å². The summed E-state index contributed by atoms with van der Waals surface area (Å²) in [5.41, 5.74) is 2.20. The van der Waals surface area contributed by atoms with Crippen LogP contribution in [-0.2, 0) is 14.0 Å². The molecule has 0 radical (unpaired) electrons. The minimum Gasteiger partial charge on any atom is -0.427 e. The molecule has 236 valence electrons. The highest BCUT2D eigenvalue weighted by atomic mass is 19.2. The topological polar surface area (TPSA) is 34.2 Å². The summed E-state index contributed by atoms with van der Waals surface area (Å²) in [5.74, 6) is -3.96. The van der Waals surface area contributed by atoms with Gasteiger partial charge in [-0.3, -0.25) is 0 Å². The summed E-state index contributed by atoms with van der Waals surface area (Å²) in [6.07, 6.45) is 0. The number of hydrogen-bond donors (Lipinski definition) is 0. The molecule has 0 spiro atoms. The van der Waals surface area contributed by atoms with E-state index in [0.29, 0.717) is 24.0 Å². The summed E-state index contributed by atoms with van der Waals surface area (Å²) in [4.78, 5) is 3.90. The normalized spacial score (nSPS) is 12.8. The molecule has 0 fully saturated rings. The molecule has 45 heavy (non-hydrogen) atoms. The van der Waals surface area contributed by atoms with Gasteiger partial charge in [0.25, 0.3) is 0 Å². The summed E-state index contributed by atoms with van der Waals surface area (Å²) < 4.78 is 77.2. The van der Waals surface area contributed by atoms with Crippen molar-refractivity contribution in [2.24, 2.45) is 0 Å². The van der Waals surface area contributed by atoms with Gasteiger partial charge < -0.3 is 23.8 Å². The Balaban J connectivity index is 1.86. The van der Waals surface area contributed by atoms with E-state index in [1.54, 1.807) is 0 Å². The van der Waals surface area contributed by atoms with Gasteiger partial charge in [-0.2, -0.15) is 0 Å². The number of hydrogen-bond acceptors (Lipinski definition) is 5. The zero-order valence-corrected chi connectivity index (χ0v) is 26.0. The van der Waals surface area contributed by atoms with E-state index in [0.717, 1.165) is 35.4 Å². The number of likely N-dealkylation sites (N-methyl/N-ethyl adjacent to an activating group) is 2. The molecule has 11 heteroatoms. The summed E-state index contributed by atoms with van der Waals surface area (Å²) in [6, 6.07) is 24.2. The fraction of sp³-hybridized carbons (Fsp3) is 0.294.